The van der Waals surface area contributed by atoms with Crippen LogP contribution in [0.3, 0.4) is 0 Å². The first kappa shape index (κ1) is 28.4. The lowest BCUT2D eigenvalue weighted by Crippen LogP contribution is -2.46. The number of aromatic nitrogens is 3. The fourth-order valence-electron chi connectivity index (χ4n) is 5.85. The molecular formula is C34H33N7O4. The van der Waals surface area contributed by atoms with Crippen LogP contribution in [-0.4, -0.2) is 64.5 Å². The molecule has 5 aromatic rings. The predicted molar refractivity (Wildman–Crippen MR) is 172 cm³/mol. The number of hydrogen-bond acceptors (Lipinski definition) is 8. The van der Waals surface area contributed by atoms with Gasteiger partial charge in [0.15, 0.2) is 23.1 Å². The average molecular weight is 604 g/mol. The number of para-hydroxylation sites is 1. The molecule has 0 atom stereocenters. The summed E-state index contributed by atoms with van der Waals surface area (Å²) in [6.45, 7) is 6.17. The van der Waals surface area contributed by atoms with E-state index < -0.39 is 0 Å². The molecular weight excluding hydrogens is 570 g/mol. The smallest absolute Gasteiger partial charge is 0.231 e. The number of carbonyl (C=O) groups excluding carboxylic acids is 2. The zero-order valence-corrected chi connectivity index (χ0v) is 24.9. The average Bonchev–Trinajstić information content (AvgIpc) is 3.67. The Kier molecular flexibility index (Phi) is 7.75. The summed E-state index contributed by atoms with van der Waals surface area (Å²) in [5.41, 5.74) is 4.40. The number of piperazine rings is 1. The van der Waals surface area contributed by atoms with Gasteiger partial charge < -0.3 is 25.0 Å². The van der Waals surface area contributed by atoms with E-state index in [4.69, 9.17) is 9.47 Å². The normalized spacial score (nSPS) is 14.5. The summed E-state index contributed by atoms with van der Waals surface area (Å²) < 4.78 is 12.9. The van der Waals surface area contributed by atoms with Crippen molar-refractivity contribution in [2.45, 2.75) is 19.9 Å². The molecule has 45 heavy (non-hydrogen) atoms. The maximum absolute atomic E-state index is 13.0. The minimum absolute atomic E-state index is 0.135. The van der Waals surface area contributed by atoms with Crippen LogP contribution < -0.4 is 25.0 Å². The van der Waals surface area contributed by atoms with E-state index in [1.807, 2.05) is 53.2 Å². The van der Waals surface area contributed by atoms with Gasteiger partial charge in [0.05, 0.1) is 11.9 Å². The van der Waals surface area contributed by atoms with E-state index in [2.05, 4.69) is 42.8 Å². The van der Waals surface area contributed by atoms with Gasteiger partial charge in [-0.15, -0.1) is 10.2 Å². The monoisotopic (exact) mass is 603 g/mol. The van der Waals surface area contributed by atoms with Gasteiger partial charge in [0.1, 0.15) is 0 Å². The molecule has 2 aliphatic rings. The van der Waals surface area contributed by atoms with E-state index in [0.717, 1.165) is 66.5 Å². The van der Waals surface area contributed by atoms with Crippen LogP contribution >= 0.6 is 0 Å². The first-order valence-electron chi connectivity index (χ1n) is 14.9. The fourth-order valence-corrected chi connectivity index (χ4v) is 5.85. The van der Waals surface area contributed by atoms with Crippen molar-refractivity contribution in [3.05, 3.63) is 96.2 Å². The lowest BCUT2D eigenvalue weighted by atomic mass is 10.1. The molecule has 0 bridgehead atoms. The van der Waals surface area contributed by atoms with Crippen LogP contribution in [0.1, 0.15) is 18.1 Å². The number of nitrogens with one attached hydrogen (secondary N) is 2. The Labute approximate surface area is 260 Å². The number of nitrogens with zero attached hydrogens (tertiary/aromatic N) is 5. The number of rotatable bonds is 8. The molecule has 3 aromatic carbocycles. The molecule has 0 spiro atoms. The molecule has 2 amide bonds. The highest BCUT2D eigenvalue weighted by Gasteiger charge is 2.21. The lowest BCUT2D eigenvalue weighted by Gasteiger charge is -2.35. The molecule has 0 saturated carbocycles. The van der Waals surface area contributed by atoms with Crippen LogP contribution in [0.2, 0.25) is 0 Å². The summed E-state index contributed by atoms with van der Waals surface area (Å²) in [6, 6.07) is 25.2. The van der Waals surface area contributed by atoms with E-state index in [1.165, 1.54) is 12.5 Å². The second-order valence-corrected chi connectivity index (χ2v) is 11.2. The Morgan fingerprint density at radius 2 is 1.51 bits per heavy atom. The second kappa shape index (κ2) is 12.3. The standard InChI is InChI=1S/C34H33N7O4/c1-23(42)35-26-7-9-27(10-8-26)36-34(43)19-25-21-41(29-5-3-2-4-28(25)29)33-13-12-32(37-38-33)40-16-14-39(15-17-40)20-24-6-11-30-31(18-24)45-22-44-30/h2-13,18,21H,14-17,19-20,22H2,1H3,(H,35,42)(H,36,43). The number of hydrogen-bond donors (Lipinski definition) is 2. The minimum Gasteiger partial charge on any atom is -0.454 e. The Hall–Kier alpha value is -5.42. The molecule has 1 saturated heterocycles. The topological polar surface area (TPSA) is 114 Å². The molecule has 4 heterocycles. The number of fused-ring (bicyclic) bond motifs is 2. The highest BCUT2D eigenvalue weighted by Crippen LogP contribution is 2.33. The fraction of sp³-hybridized carbons (Fsp3) is 0.235. The van der Waals surface area contributed by atoms with Gasteiger partial charge in [-0.2, -0.15) is 0 Å². The predicted octanol–water partition coefficient (Wildman–Crippen LogP) is 4.61. The van der Waals surface area contributed by atoms with Crippen LogP contribution in [0.15, 0.2) is 85.1 Å². The quantitative estimate of drug-likeness (QED) is 0.264. The summed E-state index contributed by atoms with van der Waals surface area (Å²) >= 11 is 0. The van der Waals surface area contributed by atoms with Crippen LogP contribution in [0.5, 0.6) is 11.5 Å². The zero-order valence-electron chi connectivity index (χ0n) is 24.9. The molecule has 228 valence electrons. The molecule has 2 aliphatic heterocycles. The third-order valence-corrected chi connectivity index (χ3v) is 8.06. The molecule has 2 aromatic heterocycles. The summed E-state index contributed by atoms with van der Waals surface area (Å²) in [4.78, 5) is 28.9. The van der Waals surface area contributed by atoms with Crippen molar-refractivity contribution < 1.29 is 19.1 Å². The Bertz CT molecular complexity index is 1850. The molecule has 1 fully saturated rings. The third kappa shape index (κ3) is 6.29. The van der Waals surface area contributed by atoms with Gasteiger partial charge in [-0.3, -0.25) is 19.1 Å². The molecule has 2 N–H and O–H groups in total. The van der Waals surface area contributed by atoms with Crippen LogP contribution in [0.25, 0.3) is 16.7 Å². The van der Waals surface area contributed by atoms with Crippen molar-refractivity contribution in [3.8, 4) is 17.3 Å². The van der Waals surface area contributed by atoms with Gasteiger partial charge in [-0.25, -0.2) is 0 Å². The SMILES string of the molecule is CC(=O)Nc1ccc(NC(=O)Cc2cn(-c3ccc(N4CCN(Cc5ccc6c(c5)OCO6)CC4)nn3)c3ccccc23)cc1. The van der Waals surface area contributed by atoms with Crippen molar-refractivity contribution in [2.75, 3.05) is 48.5 Å². The van der Waals surface area contributed by atoms with Gasteiger partial charge in [0, 0.05) is 62.6 Å². The van der Waals surface area contributed by atoms with Crippen LogP contribution in [0.4, 0.5) is 17.2 Å². The molecule has 0 radical (unpaired) electrons. The molecule has 0 aliphatic carbocycles. The Morgan fingerprint density at radius 3 is 2.27 bits per heavy atom. The molecule has 11 nitrogen and oxygen atoms in total. The number of ether oxygens (including phenoxy) is 2. The largest absolute Gasteiger partial charge is 0.454 e. The number of carbonyl (C=O) groups is 2. The van der Waals surface area contributed by atoms with Gasteiger partial charge >= 0.3 is 0 Å². The summed E-state index contributed by atoms with van der Waals surface area (Å²) in [5, 5.41) is 15.8. The van der Waals surface area contributed by atoms with Gasteiger partial charge in [-0.1, -0.05) is 24.3 Å². The van der Waals surface area contributed by atoms with E-state index in [9.17, 15) is 9.59 Å². The maximum Gasteiger partial charge on any atom is 0.231 e. The summed E-state index contributed by atoms with van der Waals surface area (Å²) in [6.07, 6.45) is 2.16. The van der Waals surface area contributed by atoms with Crippen molar-refractivity contribution in [1.82, 2.24) is 19.7 Å². The van der Waals surface area contributed by atoms with E-state index >= 15 is 0 Å². The van der Waals surface area contributed by atoms with Crippen molar-refractivity contribution in [1.29, 1.82) is 0 Å². The summed E-state index contributed by atoms with van der Waals surface area (Å²) in [5.74, 6) is 2.89. The first-order valence-corrected chi connectivity index (χ1v) is 14.9. The van der Waals surface area contributed by atoms with E-state index in [1.54, 1.807) is 24.3 Å². The van der Waals surface area contributed by atoms with Gasteiger partial charge in [-0.05, 0) is 65.7 Å². The molecule has 0 unspecified atom stereocenters. The van der Waals surface area contributed by atoms with Crippen molar-refractivity contribution >= 4 is 39.9 Å². The van der Waals surface area contributed by atoms with Crippen LogP contribution in [0, 0.1) is 0 Å². The molecule has 11 heteroatoms. The highest BCUT2D eigenvalue weighted by atomic mass is 16.7. The number of anilines is 3. The Morgan fingerprint density at radius 1 is 0.800 bits per heavy atom. The van der Waals surface area contributed by atoms with Gasteiger partial charge in [0.2, 0.25) is 18.6 Å². The first-order chi connectivity index (χ1) is 22.0. The lowest BCUT2D eigenvalue weighted by molar-refractivity contribution is -0.116. The number of benzene rings is 3. The highest BCUT2D eigenvalue weighted by molar-refractivity contribution is 5.96. The summed E-state index contributed by atoms with van der Waals surface area (Å²) in [7, 11) is 0. The zero-order chi connectivity index (χ0) is 30.8. The van der Waals surface area contributed by atoms with E-state index in [-0.39, 0.29) is 25.0 Å². The molecule has 7 rings (SSSR count). The third-order valence-electron chi connectivity index (χ3n) is 8.06. The van der Waals surface area contributed by atoms with Gasteiger partial charge in [0.25, 0.3) is 0 Å². The Balaban J connectivity index is 0.995. The van der Waals surface area contributed by atoms with Crippen molar-refractivity contribution in [2.24, 2.45) is 0 Å². The van der Waals surface area contributed by atoms with Crippen molar-refractivity contribution in [3.63, 3.8) is 0 Å². The second-order valence-electron chi connectivity index (χ2n) is 11.2. The minimum atomic E-state index is -0.143. The number of amides is 2. The maximum atomic E-state index is 13.0. The van der Waals surface area contributed by atoms with E-state index in [0.29, 0.717) is 17.2 Å². The van der Waals surface area contributed by atoms with Crippen LogP contribution in [-0.2, 0) is 22.6 Å².